The van der Waals surface area contributed by atoms with Crippen LogP contribution < -0.4 is 5.32 Å². The van der Waals surface area contributed by atoms with Crippen molar-refractivity contribution in [3.05, 3.63) is 112 Å². The minimum atomic E-state index is -1.18. The van der Waals surface area contributed by atoms with Crippen LogP contribution in [0.1, 0.15) is 34.6 Å². The molecule has 224 valence electrons. The summed E-state index contributed by atoms with van der Waals surface area (Å²) in [5.41, 5.74) is 5.11. The van der Waals surface area contributed by atoms with Gasteiger partial charge in [-0.05, 0) is 71.5 Å². The van der Waals surface area contributed by atoms with Gasteiger partial charge in [-0.2, -0.15) is 0 Å². The molecule has 5 aromatic rings. The van der Waals surface area contributed by atoms with Crippen molar-refractivity contribution in [2.24, 2.45) is 0 Å². The molecule has 0 radical (unpaired) electrons. The Balaban J connectivity index is 1.34. The van der Waals surface area contributed by atoms with Gasteiger partial charge in [0.2, 0.25) is 5.89 Å². The number of aliphatic hydroxyl groups excluding tert-OH is 2. The van der Waals surface area contributed by atoms with Crippen molar-refractivity contribution >= 4 is 56.6 Å². The average Bonchev–Trinajstić information content (AvgIpc) is 3.65. The second-order valence-corrected chi connectivity index (χ2v) is 12.4. The lowest BCUT2D eigenvalue weighted by Crippen LogP contribution is -2.44. The molecule has 44 heavy (non-hydrogen) atoms. The summed E-state index contributed by atoms with van der Waals surface area (Å²) in [6, 6.07) is 15.6. The van der Waals surface area contributed by atoms with Gasteiger partial charge in [0, 0.05) is 37.4 Å². The van der Waals surface area contributed by atoms with Crippen LogP contribution >= 0.6 is 23.2 Å². The van der Waals surface area contributed by atoms with Gasteiger partial charge in [-0.15, -0.1) is 11.6 Å². The van der Waals surface area contributed by atoms with E-state index in [1.54, 1.807) is 18.3 Å². The zero-order valence-electron chi connectivity index (χ0n) is 24.0. The molecular formula is C34H31Cl2N5O3. The van der Waals surface area contributed by atoms with Crippen LogP contribution in [-0.2, 0) is 18.7 Å². The minimum absolute atomic E-state index is 0.175. The van der Waals surface area contributed by atoms with E-state index in [-0.39, 0.29) is 12.7 Å². The number of fused-ring (bicyclic) bond motifs is 2. The first-order chi connectivity index (χ1) is 21.3. The predicted molar refractivity (Wildman–Crippen MR) is 174 cm³/mol. The highest BCUT2D eigenvalue weighted by atomic mass is 35.5. The molecule has 1 saturated heterocycles. The molecule has 2 aromatic carbocycles. The van der Waals surface area contributed by atoms with E-state index in [1.165, 1.54) is 0 Å². The summed E-state index contributed by atoms with van der Waals surface area (Å²) >= 11 is 14.1. The smallest absolute Gasteiger partial charge is 0.227 e. The van der Waals surface area contributed by atoms with Gasteiger partial charge in [0.25, 0.3) is 0 Å². The highest BCUT2D eigenvalue weighted by Crippen LogP contribution is 2.45. The maximum Gasteiger partial charge on any atom is 0.227 e. The van der Waals surface area contributed by atoms with Gasteiger partial charge < -0.3 is 19.9 Å². The van der Waals surface area contributed by atoms with Crippen molar-refractivity contribution in [3.63, 3.8) is 0 Å². The molecule has 8 nitrogen and oxygen atoms in total. The third kappa shape index (κ3) is 5.16. The van der Waals surface area contributed by atoms with E-state index in [1.807, 2.05) is 42.6 Å². The number of likely N-dealkylation sites (tertiary alicyclic amines) is 1. The third-order valence-corrected chi connectivity index (χ3v) is 9.30. The number of aryl methyl sites for hydroxylation is 1. The molecule has 3 N–H and O–H groups in total. The number of hydrogen-bond donors (Lipinski definition) is 3. The Morgan fingerprint density at radius 1 is 1.14 bits per heavy atom. The maximum absolute atomic E-state index is 9.95. The van der Waals surface area contributed by atoms with E-state index >= 15 is 0 Å². The standard InChI is InChI=1S/C34H31Cl2N5O3/c1-20-5-2-3-6-25(20)26-7-4-10-34(31(26)36,33-39-28-15-21(19-42)14-27(35)30(28)44-33)40-32-29-23(8-11-37-32)13-22(16-38-29)17-41-12-9-24(43)18-41/h2-8,10-11,13-16,24,31,42-43H,9,12,17-19H2,1H3,(H,37,40)/t24-,31?,34?/m0/s1. The van der Waals surface area contributed by atoms with Gasteiger partial charge in [-0.3, -0.25) is 9.88 Å². The van der Waals surface area contributed by atoms with Gasteiger partial charge in [0.15, 0.2) is 16.9 Å². The van der Waals surface area contributed by atoms with Gasteiger partial charge in [-0.25, -0.2) is 9.97 Å². The third-order valence-electron chi connectivity index (χ3n) is 8.44. The zero-order valence-corrected chi connectivity index (χ0v) is 25.6. The van der Waals surface area contributed by atoms with Gasteiger partial charge in [0.05, 0.1) is 23.1 Å². The van der Waals surface area contributed by atoms with E-state index in [0.717, 1.165) is 40.6 Å². The lowest BCUT2D eigenvalue weighted by molar-refractivity contribution is 0.175. The van der Waals surface area contributed by atoms with E-state index < -0.39 is 10.9 Å². The summed E-state index contributed by atoms with van der Waals surface area (Å²) < 4.78 is 6.39. The normalized spacial score (nSPS) is 22.2. The molecule has 1 aliphatic carbocycles. The number of alkyl halides is 1. The Kier molecular flexibility index (Phi) is 7.64. The molecule has 2 aliphatic rings. The maximum atomic E-state index is 9.95. The summed E-state index contributed by atoms with van der Waals surface area (Å²) in [6.07, 6.45) is 10.0. The van der Waals surface area contributed by atoms with Crippen LogP contribution in [0.3, 0.4) is 0 Å². The Hall–Kier alpha value is -3.79. The van der Waals surface area contributed by atoms with Crippen molar-refractivity contribution in [1.29, 1.82) is 0 Å². The molecule has 2 unspecified atom stereocenters. The Morgan fingerprint density at radius 3 is 2.80 bits per heavy atom. The number of allylic oxidation sites excluding steroid dienone is 2. The Labute approximate surface area is 264 Å². The number of nitrogens with zero attached hydrogens (tertiary/aromatic N) is 4. The summed E-state index contributed by atoms with van der Waals surface area (Å²) in [4.78, 5) is 16.6. The number of halogens is 2. The molecule has 7 rings (SSSR count). The number of hydrogen-bond acceptors (Lipinski definition) is 8. The summed E-state index contributed by atoms with van der Waals surface area (Å²) in [5.74, 6) is 0.833. The van der Waals surface area contributed by atoms with Crippen LogP contribution in [0.5, 0.6) is 0 Å². The number of oxazole rings is 1. The van der Waals surface area contributed by atoms with Gasteiger partial charge in [-0.1, -0.05) is 48.0 Å². The first-order valence-corrected chi connectivity index (χ1v) is 15.4. The van der Waals surface area contributed by atoms with Gasteiger partial charge in [0.1, 0.15) is 11.0 Å². The van der Waals surface area contributed by atoms with Crippen molar-refractivity contribution in [3.8, 4) is 0 Å². The lowest BCUT2D eigenvalue weighted by atomic mass is 9.81. The van der Waals surface area contributed by atoms with Crippen molar-refractivity contribution in [2.45, 2.75) is 43.5 Å². The minimum Gasteiger partial charge on any atom is -0.436 e. The van der Waals surface area contributed by atoms with Crippen LogP contribution in [0.4, 0.5) is 5.82 Å². The molecule has 4 heterocycles. The number of rotatable bonds is 7. The first kappa shape index (κ1) is 29.0. The van der Waals surface area contributed by atoms with Crippen molar-refractivity contribution in [1.82, 2.24) is 19.9 Å². The number of pyridine rings is 2. The highest BCUT2D eigenvalue weighted by molar-refractivity contribution is 6.34. The van der Waals surface area contributed by atoms with Crippen LogP contribution in [-0.4, -0.2) is 54.6 Å². The van der Waals surface area contributed by atoms with Crippen molar-refractivity contribution < 1.29 is 14.6 Å². The fourth-order valence-corrected chi connectivity index (χ4v) is 6.87. The predicted octanol–water partition coefficient (Wildman–Crippen LogP) is 6.36. The Morgan fingerprint density at radius 2 is 2.00 bits per heavy atom. The van der Waals surface area contributed by atoms with E-state index in [2.05, 4.69) is 35.3 Å². The monoisotopic (exact) mass is 627 g/mol. The molecule has 3 atom stereocenters. The molecule has 0 saturated carbocycles. The number of anilines is 1. The Bertz CT molecular complexity index is 1940. The molecule has 3 aromatic heterocycles. The average molecular weight is 629 g/mol. The number of β-amino-alcohol motifs (C(OH)–C–C–N with tert-alkyl or cyclic N) is 1. The molecule has 0 spiro atoms. The van der Waals surface area contributed by atoms with Crippen molar-refractivity contribution in [2.75, 3.05) is 18.4 Å². The summed E-state index contributed by atoms with van der Waals surface area (Å²) in [7, 11) is 0. The number of benzene rings is 2. The first-order valence-electron chi connectivity index (χ1n) is 14.6. The molecule has 0 bridgehead atoms. The van der Waals surface area contributed by atoms with Crippen LogP contribution in [0, 0.1) is 6.92 Å². The van der Waals surface area contributed by atoms with E-state index in [0.29, 0.717) is 52.0 Å². The fourth-order valence-electron chi connectivity index (χ4n) is 6.19. The molecular weight excluding hydrogens is 597 g/mol. The fraction of sp³-hybridized carbons (Fsp3) is 0.265. The summed E-state index contributed by atoms with van der Waals surface area (Å²) in [5, 5.41) is 23.9. The SMILES string of the molecule is Cc1ccccc1C1=CC=CC(Nc2nccc3cc(CN4CC[C@H](O)C4)cnc23)(c2nc3cc(CO)cc(Cl)c3o2)C1Cl. The lowest BCUT2D eigenvalue weighted by Gasteiger charge is -2.37. The van der Waals surface area contributed by atoms with Gasteiger partial charge >= 0.3 is 0 Å². The van der Waals surface area contributed by atoms with E-state index in [4.69, 9.17) is 42.6 Å². The topological polar surface area (TPSA) is 108 Å². The second kappa shape index (κ2) is 11.6. The number of aromatic nitrogens is 3. The number of nitrogens with one attached hydrogen (secondary N) is 1. The molecule has 10 heteroatoms. The van der Waals surface area contributed by atoms with E-state index in [9.17, 15) is 10.2 Å². The van der Waals surface area contributed by atoms with Crippen LogP contribution in [0.25, 0.3) is 27.6 Å². The van der Waals surface area contributed by atoms with Crippen LogP contribution in [0.15, 0.2) is 83.6 Å². The molecule has 1 aliphatic heterocycles. The molecule has 1 fully saturated rings. The van der Waals surface area contributed by atoms with Crippen LogP contribution in [0.2, 0.25) is 5.02 Å². The largest absolute Gasteiger partial charge is 0.436 e. The highest BCUT2D eigenvalue weighted by Gasteiger charge is 2.46. The quantitative estimate of drug-likeness (QED) is 0.179. The zero-order chi connectivity index (χ0) is 30.4. The summed E-state index contributed by atoms with van der Waals surface area (Å²) in [6.45, 7) is 4.12. The number of aliphatic hydroxyl groups is 2. The second-order valence-electron chi connectivity index (χ2n) is 11.5. The molecule has 0 amide bonds.